The third-order valence-electron chi connectivity index (χ3n) is 4.21. The van der Waals surface area contributed by atoms with Crippen molar-refractivity contribution in [1.29, 1.82) is 0 Å². The molecule has 1 N–H and O–H groups in total. The van der Waals surface area contributed by atoms with E-state index in [1.54, 1.807) is 11.3 Å². The number of piperidine rings is 1. The van der Waals surface area contributed by atoms with Gasteiger partial charge in [0.25, 0.3) is 5.91 Å². The van der Waals surface area contributed by atoms with Crippen LogP contribution in [0.1, 0.15) is 28.2 Å². The first-order chi connectivity index (χ1) is 10.1. The van der Waals surface area contributed by atoms with Gasteiger partial charge in [0.15, 0.2) is 0 Å². The Balaban J connectivity index is 0.00000176. The Hall–Kier alpha value is -1.11. The van der Waals surface area contributed by atoms with E-state index in [4.69, 9.17) is 0 Å². The molecule has 0 bridgehead atoms. The largest absolute Gasteiger partial charge is 0.338 e. The summed E-state index contributed by atoms with van der Waals surface area (Å²) < 4.78 is 1.87. The van der Waals surface area contributed by atoms with Crippen molar-refractivity contribution in [2.45, 2.75) is 19.8 Å². The molecule has 0 aliphatic carbocycles. The number of hydrogen-bond donors (Lipinski definition) is 1. The zero-order valence-corrected chi connectivity index (χ0v) is 14.9. The van der Waals surface area contributed by atoms with Crippen LogP contribution in [0, 0.1) is 12.8 Å². The molecule has 0 spiro atoms. The van der Waals surface area contributed by atoms with Gasteiger partial charge in [-0.15, -0.1) is 23.7 Å². The van der Waals surface area contributed by atoms with Crippen LogP contribution < -0.4 is 5.32 Å². The van der Waals surface area contributed by atoms with Crippen LogP contribution in [-0.2, 0) is 7.05 Å². The van der Waals surface area contributed by atoms with Crippen molar-refractivity contribution in [3.63, 3.8) is 0 Å². The van der Waals surface area contributed by atoms with Gasteiger partial charge in [0.2, 0.25) is 0 Å². The van der Waals surface area contributed by atoms with Crippen molar-refractivity contribution in [2.24, 2.45) is 13.0 Å². The number of carbonyl (C=O) groups excluding carboxylic acids is 1. The Labute approximate surface area is 141 Å². The number of halogens is 1. The van der Waals surface area contributed by atoms with Crippen LogP contribution in [0.2, 0.25) is 0 Å². The van der Waals surface area contributed by atoms with E-state index in [0.29, 0.717) is 5.92 Å². The second kappa shape index (κ2) is 6.98. The molecule has 1 aliphatic heterocycles. The lowest BCUT2D eigenvalue weighted by molar-refractivity contribution is 0.0679. The Morgan fingerprint density at radius 1 is 1.55 bits per heavy atom. The number of nitrogens with zero attached hydrogens (tertiary/aromatic N) is 3. The standard InChI is InChI=1S/C15H22N4OS.ClH/c1-10-12-7-13(21-15(12)18(3)17-10)14(20)19-6-4-5-11(9-19)8-16-2;/h7,11,16H,4-6,8-9H2,1-3H3;1H. The molecule has 0 saturated carbocycles. The molecule has 1 amide bonds. The normalized spacial score (nSPS) is 18.5. The summed E-state index contributed by atoms with van der Waals surface area (Å²) in [5, 5.41) is 8.72. The number of rotatable bonds is 3. The van der Waals surface area contributed by atoms with Crippen molar-refractivity contribution < 1.29 is 4.79 Å². The van der Waals surface area contributed by atoms with Gasteiger partial charge in [0, 0.05) is 25.5 Å². The number of amides is 1. The predicted molar refractivity (Wildman–Crippen MR) is 93.1 cm³/mol. The molecule has 1 atom stereocenters. The van der Waals surface area contributed by atoms with E-state index in [0.717, 1.165) is 46.8 Å². The highest BCUT2D eigenvalue weighted by Gasteiger charge is 2.26. The molecule has 0 aromatic carbocycles. The molecular formula is C15H23ClN4OS. The molecule has 5 nitrogen and oxygen atoms in total. The third kappa shape index (κ3) is 3.14. The summed E-state index contributed by atoms with van der Waals surface area (Å²) in [4.78, 5) is 16.7. The van der Waals surface area contributed by atoms with Gasteiger partial charge in [0.1, 0.15) is 4.83 Å². The molecular weight excluding hydrogens is 320 g/mol. The highest BCUT2D eigenvalue weighted by atomic mass is 35.5. The number of nitrogens with one attached hydrogen (secondary N) is 1. The van der Waals surface area contributed by atoms with Crippen molar-refractivity contribution in [3.8, 4) is 0 Å². The molecule has 1 aliphatic rings. The van der Waals surface area contributed by atoms with Crippen LogP contribution in [0.15, 0.2) is 6.07 Å². The van der Waals surface area contributed by atoms with Crippen LogP contribution >= 0.6 is 23.7 Å². The Bertz CT molecular complexity index is 629. The summed E-state index contributed by atoms with van der Waals surface area (Å²) in [6, 6.07) is 2.01. The van der Waals surface area contributed by atoms with E-state index in [1.165, 1.54) is 6.42 Å². The quantitative estimate of drug-likeness (QED) is 0.932. The number of thiophene rings is 1. The smallest absolute Gasteiger partial charge is 0.264 e. The van der Waals surface area contributed by atoms with Gasteiger partial charge in [0.05, 0.1) is 10.6 Å². The van der Waals surface area contributed by atoms with Gasteiger partial charge in [-0.05, 0) is 45.3 Å². The fourth-order valence-corrected chi connectivity index (χ4v) is 4.26. The maximum Gasteiger partial charge on any atom is 0.264 e. The van der Waals surface area contributed by atoms with Gasteiger partial charge in [-0.3, -0.25) is 9.48 Å². The topological polar surface area (TPSA) is 50.2 Å². The SMILES string of the molecule is CNCC1CCCN(C(=O)c2cc3c(C)nn(C)c3s2)C1.Cl. The lowest BCUT2D eigenvalue weighted by Gasteiger charge is -2.32. The van der Waals surface area contributed by atoms with E-state index >= 15 is 0 Å². The van der Waals surface area contributed by atoms with Crippen LogP contribution in [-0.4, -0.2) is 47.3 Å². The summed E-state index contributed by atoms with van der Waals surface area (Å²) in [5.41, 5.74) is 0.995. The number of carbonyl (C=O) groups is 1. The monoisotopic (exact) mass is 342 g/mol. The Morgan fingerprint density at radius 2 is 2.32 bits per heavy atom. The molecule has 2 aromatic heterocycles. The number of hydrogen-bond acceptors (Lipinski definition) is 4. The van der Waals surface area contributed by atoms with Gasteiger partial charge in [-0.25, -0.2) is 0 Å². The molecule has 3 heterocycles. The van der Waals surface area contributed by atoms with Gasteiger partial charge < -0.3 is 10.2 Å². The maximum atomic E-state index is 12.7. The fourth-order valence-electron chi connectivity index (χ4n) is 3.17. The number of aromatic nitrogens is 2. The first-order valence-corrected chi connectivity index (χ1v) is 8.29. The molecule has 7 heteroatoms. The highest BCUT2D eigenvalue weighted by Crippen LogP contribution is 2.29. The molecule has 3 rings (SSSR count). The molecule has 122 valence electrons. The molecule has 1 unspecified atom stereocenters. The van der Waals surface area contributed by atoms with Gasteiger partial charge in [-0.1, -0.05) is 0 Å². The van der Waals surface area contributed by atoms with Crippen LogP contribution in [0.3, 0.4) is 0 Å². The minimum absolute atomic E-state index is 0. The molecule has 22 heavy (non-hydrogen) atoms. The second-order valence-corrected chi connectivity index (χ2v) is 6.89. The van der Waals surface area contributed by atoms with Gasteiger partial charge >= 0.3 is 0 Å². The summed E-state index contributed by atoms with van der Waals surface area (Å²) in [5.74, 6) is 0.752. The Morgan fingerprint density at radius 3 is 3.00 bits per heavy atom. The van der Waals surface area contributed by atoms with Crippen molar-refractivity contribution in [1.82, 2.24) is 20.0 Å². The summed E-state index contributed by atoms with van der Waals surface area (Å²) >= 11 is 1.55. The average Bonchev–Trinajstić information content (AvgIpc) is 3.01. The van der Waals surface area contributed by atoms with Gasteiger partial charge in [-0.2, -0.15) is 5.10 Å². The summed E-state index contributed by atoms with van der Waals surface area (Å²) in [7, 11) is 3.91. The molecule has 1 saturated heterocycles. The lowest BCUT2D eigenvalue weighted by atomic mass is 9.98. The first kappa shape index (κ1) is 17.2. The van der Waals surface area contributed by atoms with E-state index in [9.17, 15) is 4.79 Å². The number of likely N-dealkylation sites (tertiary alicyclic amines) is 1. The number of aryl methyl sites for hydroxylation is 2. The highest BCUT2D eigenvalue weighted by molar-refractivity contribution is 7.20. The van der Waals surface area contributed by atoms with Crippen molar-refractivity contribution in [3.05, 3.63) is 16.6 Å². The van der Waals surface area contributed by atoms with E-state index < -0.39 is 0 Å². The number of fused-ring (bicyclic) bond motifs is 1. The van der Waals surface area contributed by atoms with Crippen LogP contribution in [0.5, 0.6) is 0 Å². The fraction of sp³-hybridized carbons (Fsp3) is 0.600. The third-order valence-corrected chi connectivity index (χ3v) is 5.40. The van der Waals surface area contributed by atoms with Crippen molar-refractivity contribution in [2.75, 3.05) is 26.7 Å². The molecule has 1 fully saturated rings. The van der Waals surface area contributed by atoms with Crippen LogP contribution in [0.4, 0.5) is 0 Å². The summed E-state index contributed by atoms with van der Waals surface area (Å²) in [6.07, 6.45) is 2.31. The first-order valence-electron chi connectivity index (χ1n) is 7.47. The second-order valence-electron chi connectivity index (χ2n) is 5.86. The summed E-state index contributed by atoms with van der Waals surface area (Å²) in [6.45, 7) is 4.72. The average molecular weight is 343 g/mol. The maximum absolute atomic E-state index is 12.7. The zero-order chi connectivity index (χ0) is 15.0. The molecule has 2 aromatic rings. The van der Waals surface area contributed by atoms with E-state index in [1.807, 2.05) is 36.7 Å². The predicted octanol–water partition coefficient (Wildman–Crippen LogP) is 2.44. The van der Waals surface area contributed by atoms with Crippen molar-refractivity contribution >= 4 is 39.9 Å². The van der Waals surface area contributed by atoms with Crippen LogP contribution in [0.25, 0.3) is 10.2 Å². The van der Waals surface area contributed by atoms with E-state index in [2.05, 4.69) is 10.4 Å². The Kier molecular flexibility index (Phi) is 5.47. The minimum atomic E-state index is 0. The van der Waals surface area contributed by atoms with E-state index in [-0.39, 0.29) is 18.3 Å². The molecule has 0 radical (unpaired) electrons. The lowest BCUT2D eigenvalue weighted by Crippen LogP contribution is -2.42. The zero-order valence-electron chi connectivity index (χ0n) is 13.3. The minimum Gasteiger partial charge on any atom is -0.338 e.